The lowest BCUT2D eigenvalue weighted by Crippen LogP contribution is -2.26. The summed E-state index contributed by atoms with van der Waals surface area (Å²) in [6.07, 6.45) is 4.85. The summed E-state index contributed by atoms with van der Waals surface area (Å²) in [5.41, 5.74) is 2.97. The summed E-state index contributed by atoms with van der Waals surface area (Å²) in [7, 11) is 1.81. The number of hydrogen-bond donors (Lipinski definition) is 0. The quantitative estimate of drug-likeness (QED) is 0.520. The van der Waals surface area contributed by atoms with Crippen LogP contribution >= 0.6 is 11.6 Å². The molecule has 0 fully saturated rings. The molecule has 2 aromatic carbocycles. The molecule has 0 atom stereocenters. The zero-order valence-corrected chi connectivity index (χ0v) is 16.9. The van der Waals surface area contributed by atoms with E-state index in [1.807, 2.05) is 73.4 Å². The van der Waals surface area contributed by atoms with Gasteiger partial charge < -0.3 is 9.64 Å². The summed E-state index contributed by atoms with van der Waals surface area (Å²) in [6, 6.07) is 15.5. The fourth-order valence-corrected chi connectivity index (χ4v) is 2.95. The first-order chi connectivity index (χ1) is 13.5. The van der Waals surface area contributed by atoms with Gasteiger partial charge in [-0.05, 0) is 49.2 Å². The molecule has 0 spiro atoms. The van der Waals surface area contributed by atoms with Crippen LogP contribution in [0.5, 0.6) is 5.75 Å². The number of nitrogens with zero attached hydrogens (tertiary/aromatic N) is 3. The van der Waals surface area contributed by atoms with Gasteiger partial charge in [0.1, 0.15) is 5.75 Å². The van der Waals surface area contributed by atoms with E-state index in [0.29, 0.717) is 26.0 Å². The highest BCUT2D eigenvalue weighted by atomic mass is 35.5. The Hall–Kier alpha value is -2.79. The van der Waals surface area contributed by atoms with Crippen molar-refractivity contribution in [2.24, 2.45) is 0 Å². The number of aromatic nitrogens is 2. The van der Waals surface area contributed by atoms with E-state index in [1.165, 1.54) is 0 Å². The molecule has 146 valence electrons. The number of hydrogen-bond acceptors (Lipinski definition) is 3. The molecule has 0 radical (unpaired) electrons. The normalized spacial score (nSPS) is 10.7. The zero-order valence-electron chi connectivity index (χ0n) is 16.1. The highest BCUT2D eigenvalue weighted by Gasteiger charge is 2.11. The first-order valence-electron chi connectivity index (χ1n) is 9.25. The van der Waals surface area contributed by atoms with Crippen LogP contribution in [0.25, 0.3) is 5.69 Å². The van der Waals surface area contributed by atoms with Crippen LogP contribution in [0, 0.1) is 6.92 Å². The largest absolute Gasteiger partial charge is 0.494 e. The van der Waals surface area contributed by atoms with Gasteiger partial charge in [0.05, 0.1) is 18.5 Å². The maximum atomic E-state index is 12.4. The molecule has 0 saturated heterocycles. The number of amides is 1. The molecule has 1 heterocycles. The van der Waals surface area contributed by atoms with Gasteiger partial charge in [-0.2, -0.15) is 5.10 Å². The van der Waals surface area contributed by atoms with E-state index in [-0.39, 0.29) is 5.91 Å². The van der Waals surface area contributed by atoms with Crippen LogP contribution in [-0.4, -0.2) is 34.2 Å². The van der Waals surface area contributed by atoms with E-state index in [1.54, 1.807) is 11.1 Å². The van der Waals surface area contributed by atoms with Crippen LogP contribution in [0.2, 0.25) is 5.02 Å². The minimum Gasteiger partial charge on any atom is -0.494 e. The minimum absolute atomic E-state index is 0.0864. The van der Waals surface area contributed by atoms with Crippen molar-refractivity contribution in [1.82, 2.24) is 14.7 Å². The minimum atomic E-state index is 0.0864. The van der Waals surface area contributed by atoms with Crippen LogP contribution in [0.4, 0.5) is 0 Å². The monoisotopic (exact) mass is 397 g/mol. The highest BCUT2D eigenvalue weighted by molar-refractivity contribution is 6.31. The van der Waals surface area contributed by atoms with E-state index in [4.69, 9.17) is 16.3 Å². The van der Waals surface area contributed by atoms with Gasteiger partial charge in [-0.3, -0.25) is 4.79 Å². The van der Waals surface area contributed by atoms with Gasteiger partial charge in [-0.1, -0.05) is 29.8 Å². The van der Waals surface area contributed by atoms with Crippen LogP contribution < -0.4 is 4.74 Å². The third-order valence-corrected chi connectivity index (χ3v) is 4.86. The number of aryl methyl sites for hydroxylation is 1. The lowest BCUT2D eigenvalue weighted by molar-refractivity contribution is -0.130. The van der Waals surface area contributed by atoms with Crippen molar-refractivity contribution in [3.05, 3.63) is 77.1 Å². The molecule has 28 heavy (non-hydrogen) atoms. The van der Waals surface area contributed by atoms with E-state index < -0.39 is 0 Å². The van der Waals surface area contributed by atoms with Crippen molar-refractivity contribution in [3.63, 3.8) is 0 Å². The Morgan fingerprint density at radius 2 is 2.00 bits per heavy atom. The van der Waals surface area contributed by atoms with Crippen LogP contribution in [0.3, 0.4) is 0 Å². The Morgan fingerprint density at radius 3 is 2.75 bits per heavy atom. The van der Waals surface area contributed by atoms with Crippen molar-refractivity contribution >= 4 is 17.5 Å². The number of benzene rings is 2. The molecule has 3 aromatic rings. The number of carbonyl (C=O) groups excluding carboxylic acids is 1. The molecule has 6 heteroatoms. The maximum absolute atomic E-state index is 12.4. The average Bonchev–Trinajstić information content (AvgIpc) is 3.17. The van der Waals surface area contributed by atoms with E-state index >= 15 is 0 Å². The second-order valence-corrected chi connectivity index (χ2v) is 7.15. The van der Waals surface area contributed by atoms with Crippen molar-refractivity contribution in [2.45, 2.75) is 26.3 Å². The summed E-state index contributed by atoms with van der Waals surface area (Å²) < 4.78 is 7.51. The highest BCUT2D eigenvalue weighted by Crippen LogP contribution is 2.21. The predicted octanol–water partition coefficient (Wildman–Crippen LogP) is 4.65. The fraction of sp³-hybridized carbons (Fsp3) is 0.273. The summed E-state index contributed by atoms with van der Waals surface area (Å²) in [4.78, 5) is 14.1. The Bertz CT molecular complexity index is 925. The van der Waals surface area contributed by atoms with Gasteiger partial charge in [0.15, 0.2) is 0 Å². The third kappa shape index (κ3) is 5.36. The van der Waals surface area contributed by atoms with Crippen LogP contribution in [0.1, 0.15) is 24.0 Å². The van der Waals surface area contributed by atoms with Gasteiger partial charge in [0.2, 0.25) is 5.91 Å². The van der Waals surface area contributed by atoms with Gasteiger partial charge in [-0.15, -0.1) is 0 Å². The zero-order chi connectivity index (χ0) is 19.9. The van der Waals surface area contributed by atoms with Gasteiger partial charge in [0.25, 0.3) is 0 Å². The summed E-state index contributed by atoms with van der Waals surface area (Å²) >= 11 is 6.01. The van der Waals surface area contributed by atoms with E-state index in [0.717, 1.165) is 27.6 Å². The fourth-order valence-electron chi connectivity index (χ4n) is 2.84. The molecule has 5 nitrogen and oxygen atoms in total. The molecule has 0 unspecified atom stereocenters. The Morgan fingerprint density at radius 1 is 1.21 bits per heavy atom. The van der Waals surface area contributed by atoms with Gasteiger partial charge in [0, 0.05) is 36.8 Å². The smallest absolute Gasteiger partial charge is 0.222 e. The van der Waals surface area contributed by atoms with Gasteiger partial charge in [-0.25, -0.2) is 4.68 Å². The second kappa shape index (κ2) is 9.42. The molecular weight excluding hydrogens is 374 g/mol. The SMILES string of the molecule is Cc1cc(OCCCC(=O)N(C)Cc2cnn(-c3ccccc3)c2)ccc1Cl. The lowest BCUT2D eigenvalue weighted by Gasteiger charge is -2.16. The Kier molecular flexibility index (Phi) is 6.71. The van der Waals surface area contributed by atoms with Crippen molar-refractivity contribution in [1.29, 1.82) is 0 Å². The second-order valence-electron chi connectivity index (χ2n) is 6.74. The Balaban J connectivity index is 1.43. The lowest BCUT2D eigenvalue weighted by atomic mass is 10.2. The van der Waals surface area contributed by atoms with Crippen LogP contribution in [-0.2, 0) is 11.3 Å². The molecule has 1 amide bonds. The van der Waals surface area contributed by atoms with Gasteiger partial charge >= 0.3 is 0 Å². The molecular formula is C22H24ClN3O2. The summed E-state index contributed by atoms with van der Waals surface area (Å²) in [6.45, 7) is 2.96. The molecule has 0 N–H and O–H groups in total. The van der Waals surface area contributed by atoms with Crippen molar-refractivity contribution < 1.29 is 9.53 Å². The molecule has 3 rings (SSSR count). The van der Waals surface area contributed by atoms with Crippen molar-refractivity contribution in [3.8, 4) is 11.4 Å². The topological polar surface area (TPSA) is 47.4 Å². The molecule has 0 aliphatic heterocycles. The van der Waals surface area contributed by atoms with E-state index in [9.17, 15) is 4.79 Å². The maximum Gasteiger partial charge on any atom is 0.222 e. The number of carbonyl (C=O) groups is 1. The third-order valence-electron chi connectivity index (χ3n) is 4.44. The first-order valence-corrected chi connectivity index (χ1v) is 9.62. The number of para-hydroxylation sites is 1. The number of ether oxygens (including phenoxy) is 1. The number of halogens is 1. The molecule has 0 aliphatic carbocycles. The Labute approximate surface area is 170 Å². The summed E-state index contributed by atoms with van der Waals surface area (Å²) in [5, 5.41) is 5.09. The van der Waals surface area contributed by atoms with E-state index in [2.05, 4.69) is 5.10 Å². The van der Waals surface area contributed by atoms with Crippen molar-refractivity contribution in [2.75, 3.05) is 13.7 Å². The average molecular weight is 398 g/mol. The standard InChI is InChI=1S/C22H24ClN3O2/c1-17-13-20(10-11-21(17)23)28-12-6-9-22(27)25(2)15-18-14-24-26(16-18)19-7-4-3-5-8-19/h3-5,7-8,10-11,13-14,16H,6,9,12,15H2,1-2H3. The molecule has 0 aliphatic rings. The first kappa shape index (κ1) is 20.0. The van der Waals surface area contributed by atoms with Crippen LogP contribution in [0.15, 0.2) is 60.9 Å². The number of rotatable bonds is 8. The molecule has 0 saturated carbocycles. The molecule has 1 aromatic heterocycles. The predicted molar refractivity (Wildman–Crippen MR) is 111 cm³/mol. The summed E-state index contributed by atoms with van der Waals surface area (Å²) in [5.74, 6) is 0.861. The molecule has 0 bridgehead atoms.